The molecular weight excluding hydrogens is 364 g/mol. The predicted molar refractivity (Wildman–Crippen MR) is 105 cm³/mol. The van der Waals surface area contributed by atoms with Crippen molar-refractivity contribution in [2.75, 3.05) is 11.9 Å². The third-order valence-electron chi connectivity index (χ3n) is 3.63. The summed E-state index contributed by atoms with van der Waals surface area (Å²) in [6, 6.07) is 14.9. The van der Waals surface area contributed by atoms with Crippen LogP contribution < -0.4 is 10.1 Å². The molecule has 2 aromatic carbocycles. The van der Waals surface area contributed by atoms with Gasteiger partial charge in [0.2, 0.25) is 5.82 Å². The molecule has 0 atom stereocenters. The number of nitrogens with one attached hydrogen (secondary N) is 1. The van der Waals surface area contributed by atoms with Crippen molar-refractivity contribution in [3.63, 3.8) is 0 Å². The van der Waals surface area contributed by atoms with Gasteiger partial charge in [-0.3, -0.25) is 10.1 Å². The molecule has 3 rings (SSSR count). The third-order valence-corrected chi connectivity index (χ3v) is 4.63. The van der Waals surface area contributed by atoms with Crippen LogP contribution in [-0.4, -0.2) is 21.5 Å². The molecule has 0 radical (unpaired) electrons. The average Bonchev–Trinajstić information content (AvgIpc) is 2.65. The number of hydrogen-bond donors (Lipinski definition) is 1. The average molecular weight is 382 g/mol. The van der Waals surface area contributed by atoms with E-state index in [4.69, 9.17) is 4.74 Å². The minimum atomic E-state index is -0.465. The summed E-state index contributed by atoms with van der Waals surface area (Å²) in [5, 5.41) is 14.9. The molecule has 0 aliphatic heterocycles. The number of nitrogens with zero attached hydrogens (tertiary/aromatic N) is 3. The molecule has 138 valence electrons. The number of benzene rings is 2. The molecule has 27 heavy (non-hydrogen) atoms. The molecule has 3 aromatic rings. The molecule has 1 heterocycles. The number of ether oxygens (including phenoxy) is 1. The van der Waals surface area contributed by atoms with Crippen LogP contribution >= 0.6 is 11.8 Å². The smallest absolute Gasteiger partial charge is 0.343 e. The molecule has 0 spiro atoms. The number of aryl methyl sites for hydroxylation is 1. The molecule has 0 fully saturated rings. The van der Waals surface area contributed by atoms with E-state index in [9.17, 15) is 10.1 Å². The Balaban J connectivity index is 1.88. The van der Waals surface area contributed by atoms with Gasteiger partial charge in [-0.15, -0.1) is 0 Å². The SMILES string of the molecule is CCOc1ccc(Nc2ncnc(Sc3ccc(C)cc3)c2[N+](=O)[O-])cc1. The van der Waals surface area contributed by atoms with Crippen LogP contribution in [0, 0.1) is 17.0 Å². The molecule has 1 N–H and O–H groups in total. The van der Waals surface area contributed by atoms with Crippen LogP contribution in [0.25, 0.3) is 0 Å². The third kappa shape index (κ3) is 4.73. The van der Waals surface area contributed by atoms with Gasteiger partial charge in [-0.1, -0.05) is 29.5 Å². The van der Waals surface area contributed by atoms with E-state index in [1.807, 2.05) is 38.1 Å². The van der Waals surface area contributed by atoms with Gasteiger partial charge in [-0.25, -0.2) is 9.97 Å². The summed E-state index contributed by atoms with van der Waals surface area (Å²) in [5.74, 6) is 0.879. The molecule has 0 saturated heterocycles. The Labute approximate surface area is 161 Å². The molecule has 8 heteroatoms. The van der Waals surface area contributed by atoms with Crippen molar-refractivity contribution in [3.8, 4) is 5.75 Å². The maximum absolute atomic E-state index is 11.7. The van der Waals surface area contributed by atoms with Gasteiger partial charge in [0, 0.05) is 10.6 Å². The van der Waals surface area contributed by atoms with Crippen molar-refractivity contribution in [1.29, 1.82) is 0 Å². The van der Waals surface area contributed by atoms with Gasteiger partial charge in [0.25, 0.3) is 0 Å². The van der Waals surface area contributed by atoms with Gasteiger partial charge in [-0.05, 0) is 50.2 Å². The van der Waals surface area contributed by atoms with E-state index in [2.05, 4.69) is 15.3 Å². The van der Waals surface area contributed by atoms with Crippen LogP contribution in [-0.2, 0) is 0 Å². The standard InChI is InChI=1S/C19H18N4O3S/c1-3-26-15-8-6-14(7-9-15)22-18-17(23(24)25)19(21-12-20-18)27-16-10-4-13(2)5-11-16/h4-12H,3H2,1-2H3,(H,20,21,22). The second kappa shape index (κ2) is 8.50. The molecule has 1 aromatic heterocycles. The largest absolute Gasteiger partial charge is 0.494 e. The van der Waals surface area contributed by atoms with Gasteiger partial charge >= 0.3 is 5.69 Å². The summed E-state index contributed by atoms with van der Waals surface area (Å²) in [5.41, 5.74) is 1.64. The monoisotopic (exact) mass is 382 g/mol. The first kappa shape index (κ1) is 18.7. The van der Waals surface area contributed by atoms with Gasteiger partial charge in [0.05, 0.1) is 11.5 Å². The summed E-state index contributed by atoms with van der Waals surface area (Å²) >= 11 is 1.23. The first-order valence-electron chi connectivity index (χ1n) is 8.30. The van der Waals surface area contributed by atoms with Gasteiger partial charge < -0.3 is 10.1 Å². The fourth-order valence-electron chi connectivity index (χ4n) is 2.35. The maximum atomic E-state index is 11.7. The lowest BCUT2D eigenvalue weighted by atomic mass is 10.2. The number of rotatable bonds is 7. The molecular formula is C19H18N4O3S. The van der Waals surface area contributed by atoms with Crippen molar-refractivity contribution in [1.82, 2.24) is 9.97 Å². The predicted octanol–water partition coefficient (Wildman–Crippen LogP) is 4.99. The lowest BCUT2D eigenvalue weighted by Gasteiger charge is -2.09. The van der Waals surface area contributed by atoms with Crippen LogP contribution in [0.1, 0.15) is 12.5 Å². The van der Waals surface area contributed by atoms with Crippen molar-refractivity contribution in [3.05, 3.63) is 70.5 Å². The van der Waals surface area contributed by atoms with E-state index < -0.39 is 4.92 Å². The zero-order valence-electron chi connectivity index (χ0n) is 14.9. The van der Waals surface area contributed by atoms with Crippen LogP contribution in [0.5, 0.6) is 5.75 Å². The van der Waals surface area contributed by atoms with Crippen molar-refractivity contribution < 1.29 is 9.66 Å². The minimum Gasteiger partial charge on any atom is -0.494 e. The molecule has 7 nitrogen and oxygen atoms in total. The first-order chi connectivity index (χ1) is 13.1. The normalized spacial score (nSPS) is 10.4. The Morgan fingerprint density at radius 3 is 2.44 bits per heavy atom. The van der Waals surface area contributed by atoms with Crippen molar-refractivity contribution >= 4 is 29.0 Å². The summed E-state index contributed by atoms with van der Waals surface area (Å²) in [6.45, 7) is 4.47. The Hall–Kier alpha value is -3.13. The van der Waals surface area contributed by atoms with Crippen LogP contribution in [0.4, 0.5) is 17.2 Å². The quantitative estimate of drug-likeness (QED) is 0.350. The Morgan fingerprint density at radius 1 is 1.11 bits per heavy atom. The van der Waals surface area contributed by atoms with E-state index in [1.54, 1.807) is 24.3 Å². The molecule has 0 unspecified atom stereocenters. The van der Waals surface area contributed by atoms with E-state index >= 15 is 0 Å². The second-order valence-electron chi connectivity index (χ2n) is 5.63. The van der Waals surface area contributed by atoms with Crippen LogP contribution in [0.2, 0.25) is 0 Å². The highest BCUT2D eigenvalue weighted by Crippen LogP contribution is 2.37. The summed E-state index contributed by atoms with van der Waals surface area (Å²) in [7, 11) is 0. The Bertz CT molecular complexity index is 931. The summed E-state index contributed by atoms with van der Waals surface area (Å²) < 4.78 is 5.40. The fraction of sp³-hybridized carbons (Fsp3) is 0.158. The van der Waals surface area contributed by atoms with E-state index in [0.29, 0.717) is 12.3 Å². The van der Waals surface area contributed by atoms with E-state index in [-0.39, 0.29) is 16.5 Å². The Kier molecular flexibility index (Phi) is 5.87. The van der Waals surface area contributed by atoms with Gasteiger partial charge in [0.1, 0.15) is 12.1 Å². The lowest BCUT2D eigenvalue weighted by Crippen LogP contribution is -2.03. The fourth-order valence-corrected chi connectivity index (χ4v) is 3.21. The highest BCUT2D eigenvalue weighted by molar-refractivity contribution is 7.99. The molecule has 0 aliphatic rings. The lowest BCUT2D eigenvalue weighted by molar-refractivity contribution is -0.387. The topological polar surface area (TPSA) is 90.2 Å². The zero-order valence-corrected chi connectivity index (χ0v) is 15.7. The molecule has 0 bridgehead atoms. The van der Waals surface area contributed by atoms with Crippen molar-refractivity contribution in [2.45, 2.75) is 23.8 Å². The minimum absolute atomic E-state index is 0.147. The summed E-state index contributed by atoms with van der Waals surface area (Å²) in [6.07, 6.45) is 1.32. The number of aromatic nitrogens is 2. The first-order valence-corrected chi connectivity index (χ1v) is 9.12. The Morgan fingerprint density at radius 2 is 1.81 bits per heavy atom. The molecule has 0 aliphatic carbocycles. The number of anilines is 2. The van der Waals surface area contributed by atoms with Gasteiger partial charge in [0.15, 0.2) is 5.03 Å². The van der Waals surface area contributed by atoms with Gasteiger partial charge in [-0.2, -0.15) is 0 Å². The van der Waals surface area contributed by atoms with Crippen molar-refractivity contribution in [2.24, 2.45) is 0 Å². The van der Waals surface area contributed by atoms with Crippen LogP contribution in [0.15, 0.2) is 64.8 Å². The molecule has 0 amide bonds. The number of nitro groups is 1. The van der Waals surface area contributed by atoms with Crippen LogP contribution in [0.3, 0.4) is 0 Å². The highest BCUT2D eigenvalue weighted by atomic mass is 32.2. The van der Waals surface area contributed by atoms with E-state index in [0.717, 1.165) is 16.2 Å². The number of hydrogen-bond acceptors (Lipinski definition) is 7. The zero-order chi connectivity index (χ0) is 19.2. The highest BCUT2D eigenvalue weighted by Gasteiger charge is 2.24. The maximum Gasteiger partial charge on any atom is 0.343 e. The summed E-state index contributed by atoms with van der Waals surface area (Å²) in [4.78, 5) is 20.2. The van der Waals surface area contributed by atoms with E-state index in [1.165, 1.54) is 18.1 Å². The molecule has 0 saturated carbocycles. The second-order valence-corrected chi connectivity index (χ2v) is 6.69.